The molecule has 12 heteroatoms. The minimum absolute atomic E-state index is 0.0285. The van der Waals surface area contributed by atoms with Crippen LogP contribution in [-0.2, 0) is 14.8 Å². The van der Waals surface area contributed by atoms with Crippen molar-refractivity contribution in [3.8, 4) is 17.2 Å². The van der Waals surface area contributed by atoms with Crippen LogP contribution in [0.3, 0.4) is 0 Å². The first-order valence-electron chi connectivity index (χ1n) is 10.0. The smallest absolute Gasteiger partial charge is 0.262 e. The van der Waals surface area contributed by atoms with E-state index in [0.29, 0.717) is 22.7 Å². The van der Waals surface area contributed by atoms with Crippen molar-refractivity contribution in [3.05, 3.63) is 40.9 Å². The highest BCUT2D eigenvalue weighted by molar-refractivity contribution is 7.89. The lowest BCUT2D eigenvalue weighted by atomic mass is 10.1. The van der Waals surface area contributed by atoms with E-state index in [0.717, 1.165) is 0 Å². The molecule has 0 spiro atoms. The molecule has 2 aliphatic heterocycles. The molecule has 0 bridgehead atoms. The molecule has 1 saturated heterocycles. The summed E-state index contributed by atoms with van der Waals surface area (Å²) in [5, 5.41) is 2.56. The molecule has 0 aromatic heterocycles. The molecule has 0 radical (unpaired) electrons. The Kier molecular flexibility index (Phi) is 6.37. The number of anilines is 1. The number of hydrogen-bond donors (Lipinski definition) is 1. The van der Waals surface area contributed by atoms with Gasteiger partial charge >= 0.3 is 0 Å². The molecule has 33 heavy (non-hydrogen) atoms. The molecule has 0 atom stereocenters. The Morgan fingerprint density at radius 3 is 2.52 bits per heavy atom. The Labute approximate surface area is 196 Å². The molecule has 1 N–H and O–H groups in total. The number of sulfonamides is 1. The van der Waals surface area contributed by atoms with Crippen LogP contribution >= 0.6 is 11.6 Å². The lowest BCUT2D eigenvalue weighted by molar-refractivity contribution is -0.118. The van der Waals surface area contributed by atoms with Crippen molar-refractivity contribution < 1.29 is 32.2 Å². The number of piperazine rings is 1. The van der Waals surface area contributed by atoms with Gasteiger partial charge in [-0.2, -0.15) is 4.31 Å². The van der Waals surface area contributed by atoms with Gasteiger partial charge in [-0.25, -0.2) is 8.42 Å². The SMILES string of the molecule is COc1cccc(C(=O)N2CCN(S(=O)(=O)c3cc4c(cc3Cl)NC(=O)CO4)CC2)c1OC. The molecule has 0 unspecified atom stereocenters. The second-order valence-electron chi connectivity index (χ2n) is 7.35. The van der Waals surface area contributed by atoms with Crippen molar-refractivity contribution in [2.75, 3.05) is 52.3 Å². The highest BCUT2D eigenvalue weighted by atomic mass is 35.5. The maximum Gasteiger partial charge on any atom is 0.262 e. The Hall–Kier alpha value is -3.02. The van der Waals surface area contributed by atoms with E-state index >= 15 is 0 Å². The summed E-state index contributed by atoms with van der Waals surface area (Å²) >= 11 is 6.23. The molecule has 2 heterocycles. The number of carbonyl (C=O) groups is 2. The fourth-order valence-electron chi connectivity index (χ4n) is 3.78. The number of benzene rings is 2. The van der Waals surface area contributed by atoms with Gasteiger partial charge in [0, 0.05) is 32.2 Å². The van der Waals surface area contributed by atoms with Crippen molar-refractivity contribution in [2.45, 2.75) is 4.90 Å². The number of halogens is 1. The summed E-state index contributed by atoms with van der Waals surface area (Å²) in [4.78, 5) is 26.0. The zero-order valence-corrected chi connectivity index (χ0v) is 19.5. The van der Waals surface area contributed by atoms with Crippen molar-refractivity contribution >= 4 is 39.1 Å². The van der Waals surface area contributed by atoms with Gasteiger partial charge in [-0.1, -0.05) is 17.7 Å². The predicted molar refractivity (Wildman–Crippen MR) is 120 cm³/mol. The molecule has 10 nitrogen and oxygen atoms in total. The number of carbonyl (C=O) groups excluding carboxylic acids is 2. The quantitative estimate of drug-likeness (QED) is 0.673. The second kappa shape index (κ2) is 9.08. The highest BCUT2D eigenvalue weighted by Gasteiger charge is 2.34. The van der Waals surface area contributed by atoms with Crippen LogP contribution in [0.1, 0.15) is 10.4 Å². The summed E-state index contributed by atoms with van der Waals surface area (Å²) in [5.41, 5.74) is 0.655. The Morgan fingerprint density at radius 2 is 1.85 bits per heavy atom. The first kappa shape index (κ1) is 23.1. The van der Waals surface area contributed by atoms with Crippen LogP contribution in [0.25, 0.3) is 0 Å². The summed E-state index contributed by atoms with van der Waals surface area (Å²) in [6.07, 6.45) is 0. The lowest BCUT2D eigenvalue weighted by Gasteiger charge is -2.34. The van der Waals surface area contributed by atoms with E-state index in [1.54, 1.807) is 23.1 Å². The van der Waals surface area contributed by atoms with Gasteiger partial charge in [0.1, 0.15) is 10.6 Å². The second-order valence-corrected chi connectivity index (χ2v) is 9.67. The number of ether oxygens (including phenoxy) is 3. The number of rotatable bonds is 5. The van der Waals surface area contributed by atoms with Crippen LogP contribution in [0, 0.1) is 0 Å². The number of methoxy groups -OCH3 is 2. The number of nitrogens with zero attached hydrogens (tertiary/aromatic N) is 2. The van der Waals surface area contributed by atoms with Crippen molar-refractivity contribution in [1.82, 2.24) is 9.21 Å². The molecule has 176 valence electrons. The van der Waals surface area contributed by atoms with Gasteiger partial charge in [-0.3, -0.25) is 9.59 Å². The van der Waals surface area contributed by atoms with Gasteiger partial charge in [0.15, 0.2) is 18.1 Å². The van der Waals surface area contributed by atoms with Gasteiger partial charge < -0.3 is 24.4 Å². The third-order valence-electron chi connectivity index (χ3n) is 5.44. The normalized spacial score (nSPS) is 16.5. The summed E-state index contributed by atoms with van der Waals surface area (Å²) in [6.45, 7) is 0.348. The molecule has 1 fully saturated rings. The third-order valence-corrected chi connectivity index (χ3v) is 7.81. The van der Waals surface area contributed by atoms with Crippen molar-refractivity contribution in [3.63, 3.8) is 0 Å². The molecule has 4 rings (SSSR count). The Balaban J connectivity index is 1.51. The Bertz CT molecular complexity index is 1210. The van der Waals surface area contributed by atoms with E-state index in [1.165, 1.54) is 30.7 Å². The number of fused-ring (bicyclic) bond motifs is 1. The standard InChI is InChI=1S/C21H22ClN3O7S/c1-30-16-5-3-4-13(20(16)31-2)21(27)24-6-8-25(9-7-24)33(28,29)18-11-17-15(10-14(18)22)23-19(26)12-32-17/h3-5,10-11H,6-9,12H2,1-2H3,(H,23,26). The molecular formula is C21H22ClN3O7S. The van der Waals surface area contributed by atoms with Gasteiger partial charge in [-0.15, -0.1) is 0 Å². The highest BCUT2D eigenvalue weighted by Crippen LogP contribution is 2.37. The van der Waals surface area contributed by atoms with E-state index in [-0.39, 0.29) is 60.3 Å². The Morgan fingerprint density at radius 1 is 1.12 bits per heavy atom. The largest absolute Gasteiger partial charge is 0.493 e. The first-order valence-corrected chi connectivity index (χ1v) is 11.8. The van der Waals surface area contributed by atoms with Gasteiger partial charge in [-0.05, 0) is 18.2 Å². The van der Waals surface area contributed by atoms with E-state index < -0.39 is 10.0 Å². The average Bonchev–Trinajstić information content (AvgIpc) is 2.82. The number of amides is 2. The molecule has 2 amide bonds. The van der Waals surface area contributed by atoms with E-state index in [1.807, 2.05) is 0 Å². The van der Waals surface area contributed by atoms with Crippen LogP contribution in [0.2, 0.25) is 5.02 Å². The molecule has 2 aromatic rings. The molecule has 0 aliphatic carbocycles. The molecule has 2 aromatic carbocycles. The summed E-state index contributed by atoms with van der Waals surface area (Å²) < 4.78 is 43.7. The maximum absolute atomic E-state index is 13.2. The summed E-state index contributed by atoms with van der Waals surface area (Å²) in [5.74, 6) is 0.371. The number of hydrogen-bond acceptors (Lipinski definition) is 7. The van der Waals surface area contributed by atoms with Crippen LogP contribution in [0.4, 0.5) is 5.69 Å². The van der Waals surface area contributed by atoms with E-state index in [4.69, 9.17) is 25.8 Å². The monoisotopic (exact) mass is 495 g/mol. The predicted octanol–water partition coefficient (Wildman–Crippen LogP) is 1.83. The lowest BCUT2D eigenvalue weighted by Crippen LogP contribution is -2.50. The minimum Gasteiger partial charge on any atom is -0.493 e. The zero-order valence-electron chi connectivity index (χ0n) is 18.0. The summed E-state index contributed by atoms with van der Waals surface area (Å²) in [7, 11) is -1.01. The molecular weight excluding hydrogens is 474 g/mol. The van der Waals surface area contributed by atoms with Gasteiger partial charge in [0.05, 0.1) is 30.5 Å². The number of para-hydroxylation sites is 1. The maximum atomic E-state index is 13.2. The zero-order chi connectivity index (χ0) is 23.8. The fraction of sp³-hybridized carbons (Fsp3) is 0.333. The minimum atomic E-state index is -3.95. The molecule has 2 aliphatic rings. The van der Waals surface area contributed by atoms with E-state index in [2.05, 4.69) is 5.32 Å². The van der Waals surface area contributed by atoms with Gasteiger partial charge in [0.2, 0.25) is 10.0 Å². The fourth-order valence-corrected chi connectivity index (χ4v) is 5.72. The van der Waals surface area contributed by atoms with Crippen molar-refractivity contribution in [1.29, 1.82) is 0 Å². The van der Waals surface area contributed by atoms with Crippen molar-refractivity contribution in [2.24, 2.45) is 0 Å². The topological polar surface area (TPSA) is 114 Å². The van der Waals surface area contributed by atoms with Crippen LogP contribution < -0.4 is 19.5 Å². The third kappa shape index (κ3) is 4.31. The van der Waals surface area contributed by atoms with E-state index in [9.17, 15) is 18.0 Å². The molecule has 0 saturated carbocycles. The summed E-state index contributed by atoms with van der Waals surface area (Å²) in [6, 6.07) is 7.69. The van der Waals surface area contributed by atoms with Gasteiger partial charge in [0.25, 0.3) is 11.8 Å². The van der Waals surface area contributed by atoms with Crippen LogP contribution in [-0.4, -0.2) is 76.4 Å². The number of nitrogens with one attached hydrogen (secondary N) is 1. The first-order chi connectivity index (χ1) is 15.8. The average molecular weight is 496 g/mol. The van der Waals surface area contributed by atoms with Crippen LogP contribution in [0.5, 0.6) is 17.2 Å². The van der Waals surface area contributed by atoms with Crippen LogP contribution in [0.15, 0.2) is 35.2 Å².